The summed E-state index contributed by atoms with van der Waals surface area (Å²) in [6, 6.07) is 10.8. The molecular weight excluding hydrogens is 176 g/mol. The second kappa shape index (κ2) is 6.09. The standard InChI is InChI=1S/C12H18S/c1-11(7-6-10-13-2)12-8-4-3-5-9-12/h3-5,8-9,11H,6-7,10H2,1-2H3. The fraction of sp³-hybridized carbons (Fsp3) is 0.500. The number of hydrogen-bond donors (Lipinski definition) is 0. The van der Waals surface area contributed by atoms with Crippen molar-refractivity contribution >= 4 is 11.8 Å². The van der Waals surface area contributed by atoms with Crippen molar-refractivity contribution in [3.05, 3.63) is 35.9 Å². The van der Waals surface area contributed by atoms with Gasteiger partial charge in [-0.15, -0.1) is 0 Å². The average molecular weight is 194 g/mol. The first-order chi connectivity index (χ1) is 6.34. The summed E-state index contributed by atoms with van der Waals surface area (Å²) < 4.78 is 0. The van der Waals surface area contributed by atoms with Gasteiger partial charge in [-0.25, -0.2) is 0 Å². The predicted octanol–water partition coefficient (Wildman–Crippen LogP) is 3.93. The van der Waals surface area contributed by atoms with Crippen molar-refractivity contribution in [2.75, 3.05) is 12.0 Å². The summed E-state index contributed by atoms with van der Waals surface area (Å²) in [4.78, 5) is 0. The fourth-order valence-corrected chi connectivity index (χ4v) is 1.94. The molecule has 0 saturated heterocycles. The Kier molecular flexibility index (Phi) is 4.99. The van der Waals surface area contributed by atoms with Gasteiger partial charge in [-0.1, -0.05) is 37.3 Å². The van der Waals surface area contributed by atoms with Crippen LogP contribution in [0.1, 0.15) is 31.2 Å². The highest BCUT2D eigenvalue weighted by molar-refractivity contribution is 7.98. The van der Waals surface area contributed by atoms with Crippen molar-refractivity contribution in [3.8, 4) is 0 Å². The monoisotopic (exact) mass is 194 g/mol. The first-order valence-corrected chi connectivity index (χ1v) is 6.28. The van der Waals surface area contributed by atoms with Crippen molar-refractivity contribution in [3.63, 3.8) is 0 Å². The molecule has 0 radical (unpaired) electrons. The van der Waals surface area contributed by atoms with E-state index in [2.05, 4.69) is 43.5 Å². The summed E-state index contributed by atoms with van der Waals surface area (Å²) in [6.45, 7) is 2.32. The minimum absolute atomic E-state index is 0.716. The van der Waals surface area contributed by atoms with Gasteiger partial charge in [0.25, 0.3) is 0 Å². The summed E-state index contributed by atoms with van der Waals surface area (Å²) in [5.41, 5.74) is 1.48. The molecule has 0 aliphatic rings. The molecule has 72 valence electrons. The zero-order chi connectivity index (χ0) is 9.52. The van der Waals surface area contributed by atoms with Gasteiger partial charge in [0.1, 0.15) is 0 Å². The Morgan fingerprint density at radius 1 is 1.23 bits per heavy atom. The maximum atomic E-state index is 2.32. The SMILES string of the molecule is CSCCCC(C)c1ccccc1. The third kappa shape index (κ3) is 3.86. The molecule has 0 spiro atoms. The molecule has 0 fully saturated rings. The Hall–Kier alpha value is -0.430. The van der Waals surface area contributed by atoms with Crippen molar-refractivity contribution in [1.29, 1.82) is 0 Å². The number of thioether (sulfide) groups is 1. The summed E-state index contributed by atoms with van der Waals surface area (Å²) in [5, 5.41) is 0. The van der Waals surface area contributed by atoms with Gasteiger partial charge in [-0.3, -0.25) is 0 Å². The van der Waals surface area contributed by atoms with Crippen LogP contribution < -0.4 is 0 Å². The summed E-state index contributed by atoms with van der Waals surface area (Å²) in [6.07, 6.45) is 4.81. The Bertz CT molecular complexity index is 218. The first kappa shape index (κ1) is 10.6. The minimum Gasteiger partial charge on any atom is -0.165 e. The Morgan fingerprint density at radius 3 is 2.54 bits per heavy atom. The molecule has 0 saturated carbocycles. The van der Waals surface area contributed by atoms with Crippen LogP contribution in [0.5, 0.6) is 0 Å². The van der Waals surface area contributed by atoms with E-state index in [0.717, 1.165) is 0 Å². The normalized spacial score (nSPS) is 12.8. The van der Waals surface area contributed by atoms with E-state index in [4.69, 9.17) is 0 Å². The molecule has 0 N–H and O–H groups in total. The second-order valence-corrected chi connectivity index (χ2v) is 4.43. The van der Waals surface area contributed by atoms with Crippen LogP contribution in [0.4, 0.5) is 0 Å². The lowest BCUT2D eigenvalue weighted by atomic mass is 9.97. The quantitative estimate of drug-likeness (QED) is 0.640. The molecule has 1 aromatic carbocycles. The van der Waals surface area contributed by atoms with E-state index in [0.29, 0.717) is 5.92 Å². The van der Waals surface area contributed by atoms with Crippen molar-refractivity contribution < 1.29 is 0 Å². The van der Waals surface area contributed by atoms with Crippen molar-refractivity contribution in [2.45, 2.75) is 25.7 Å². The van der Waals surface area contributed by atoms with Gasteiger partial charge in [0.2, 0.25) is 0 Å². The van der Waals surface area contributed by atoms with Gasteiger partial charge < -0.3 is 0 Å². The molecule has 0 bridgehead atoms. The highest BCUT2D eigenvalue weighted by Gasteiger charge is 2.03. The predicted molar refractivity (Wildman–Crippen MR) is 62.5 cm³/mol. The summed E-state index contributed by atoms with van der Waals surface area (Å²) >= 11 is 1.94. The molecule has 0 aliphatic heterocycles. The molecule has 0 heterocycles. The molecule has 0 nitrogen and oxygen atoms in total. The molecule has 1 unspecified atom stereocenters. The number of hydrogen-bond acceptors (Lipinski definition) is 1. The van der Waals surface area contributed by atoms with Gasteiger partial charge >= 0.3 is 0 Å². The smallest absolute Gasteiger partial charge is 0.00701 e. The van der Waals surface area contributed by atoms with Gasteiger partial charge in [-0.2, -0.15) is 11.8 Å². The maximum Gasteiger partial charge on any atom is -0.00701 e. The zero-order valence-corrected chi connectivity index (χ0v) is 9.31. The Morgan fingerprint density at radius 2 is 1.92 bits per heavy atom. The molecule has 1 rings (SSSR count). The van der Waals surface area contributed by atoms with Crippen LogP contribution in [0.25, 0.3) is 0 Å². The molecule has 1 aromatic rings. The van der Waals surface area contributed by atoms with E-state index in [1.165, 1.54) is 24.2 Å². The van der Waals surface area contributed by atoms with E-state index in [9.17, 15) is 0 Å². The van der Waals surface area contributed by atoms with E-state index in [1.54, 1.807) is 0 Å². The lowest BCUT2D eigenvalue weighted by molar-refractivity contribution is 0.669. The van der Waals surface area contributed by atoms with Crippen LogP contribution in [0.15, 0.2) is 30.3 Å². The summed E-state index contributed by atoms with van der Waals surface area (Å²) in [7, 11) is 0. The third-order valence-electron chi connectivity index (χ3n) is 2.35. The Labute approximate surface area is 85.7 Å². The van der Waals surface area contributed by atoms with Gasteiger partial charge in [0.05, 0.1) is 0 Å². The average Bonchev–Trinajstić information content (AvgIpc) is 2.19. The number of rotatable bonds is 5. The van der Waals surface area contributed by atoms with Gasteiger partial charge in [0, 0.05) is 0 Å². The zero-order valence-electron chi connectivity index (χ0n) is 8.49. The first-order valence-electron chi connectivity index (χ1n) is 4.88. The summed E-state index contributed by atoms with van der Waals surface area (Å²) in [5.74, 6) is 2.00. The molecule has 13 heavy (non-hydrogen) atoms. The largest absolute Gasteiger partial charge is 0.165 e. The molecular formula is C12H18S. The lowest BCUT2D eigenvalue weighted by Crippen LogP contribution is -1.93. The molecule has 0 amide bonds. The lowest BCUT2D eigenvalue weighted by Gasteiger charge is -2.10. The molecule has 1 heteroatoms. The fourth-order valence-electron chi connectivity index (χ4n) is 1.48. The van der Waals surface area contributed by atoms with Crippen LogP contribution in [-0.2, 0) is 0 Å². The van der Waals surface area contributed by atoms with Crippen molar-refractivity contribution in [1.82, 2.24) is 0 Å². The highest BCUT2D eigenvalue weighted by atomic mass is 32.2. The molecule has 1 atom stereocenters. The highest BCUT2D eigenvalue weighted by Crippen LogP contribution is 2.20. The van der Waals surface area contributed by atoms with Crippen molar-refractivity contribution in [2.24, 2.45) is 0 Å². The van der Waals surface area contributed by atoms with Gasteiger partial charge in [-0.05, 0) is 36.3 Å². The topological polar surface area (TPSA) is 0 Å². The number of benzene rings is 1. The van der Waals surface area contributed by atoms with Crippen LogP contribution in [-0.4, -0.2) is 12.0 Å². The van der Waals surface area contributed by atoms with E-state index in [-0.39, 0.29) is 0 Å². The van der Waals surface area contributed by atoms with E-state index >= 15 is 0 Å². The van der Waals surface area contributed by atoms with Gasteiger partial charge in [0.15, 0.2) is 0 Å². The minimum atomic E-state index is 0.716. The maximum absolute atomic E-state index is 2.32. The molecule has 0 aromatic heterocycles. The van der Waals surface area contributed by atoms with Crippen LogP contribution in [0, 0.1) is 0 Å². The molecule has 0 aliphatic carbocycles. The van der Waals surface area contributed by atoms with E-state index < -0.39 is 0 Å². The third-order valence-corrected chi connectivity index (χ3v) is 3.05. The van der Waals surface area contributed by atoms with Crippen LogP contribution in [0.2, 0.25) is 0 Å². The second-order valence-electron chi connectivity index (χ2n) is 3.45. The Balaban J connectivity index is 2.35. The van der Waals surface area contributed by atoms with Crippen LogP contribution in [0.3, 0.4) is 0 Å². The van der Waals surface area contributed by atoms with E-state index in [1.807, 2.05) is 11.8 Å². The van der Waals surface area contributed by atoms with Crippen LogP contribution >= 0.6 is 11.8 Å².